The van der Waals surface area contributed by atoms with E-state index in [9.17, 15) is 13.9 Å². The molecule has 1 atom stereocenters. The summed E-state index contributed by atoms with van der Waals surface area (Å²) in [4.78, 5) is 4.72. The van der Waals surface area contributed by atoms with E-state index in [1.54, 1.807) is 6.20 Å². The molecule has 0 aliphatic carbocycles. The number of pyridine rings is 1. The van der Waals surface area contributed by atoms with Gasteiger partial charge in [0.1, 0.15) is 17.5 Å². The zero-order chi connectivity index (χ0) is 24.0. The Hall–Kier alpha value is -3.09. The molecule has 2 heterocycles. The molecule has 4 aromatic rings. The summed E-state index contributed by atoms with van der Waals surface area (Å²) in [5.41, 5.74) is 3.47. The lowest BCUT2D eigenvalue weighted by Crippen LogP contribution is -2.36. The zero-order valence-corrected chi connectivity index (χ0v) is 19.4. The second kappa shape index (κ2) is 8.60. The van der Waals surface area contributed by atoms with Gasteiger partial charge in [0.05, 0.1) is 18.7 Å². The Balaban J connectivity index is 1.84. The van der Waals surface area contributed by atoms with Gasteiger partial charge in [-0.15, -0.1) is 0 Å². The molecule has 176 valence electrons. The Morgan fingerprint density at radius 3 is 2.71 bits per heavy atom. The first kappa shape index (κ1) is 22.7. The number of ether oxygens (including phenoxy) is 2. The van der Waals surface area contributed by atoms with Crippen molar-refractivity contribution < 1.29 is 23.4 Å². The number of hydrogen-bond acceptors (Lipinski definition) is 4. The van der Waals surface area contributed by atoms with Crippen molar-refractivity contribution >= 4 is 21.7 Å². The predicted octanol–water partition coefficient (Wildman–Crippen LogP) is 6.39. The fourth-order valence-corrected chi connectivity index (χ4v) is 4.92. The standard InChI is InChI=1S/C28H27F2NO3/c1-16-14-18-6-4-5-7-19(18)25(23(16)22(15-32)34-28(2,3)27(29)30)20-8-9-21-24-17(11-13-33-21)10-12-31-26(20)24/h4-10,12,14,22,27,32H,11,13,15H2,1-3H3. The van der Waals surface area contributed by atoms with E-state index in [1.807, 2.05) is 55.5 Å². The van der Waals surface area contributed by atoms with Crippen LogP contribution in [-0.2, 0) is 11.2 Å². The van der Waals surface area contributed by atoms with Crippen molar-refractivity contribution in [1.82, 2.24) is 4.98 Å². The van der Waals surface area contributed by atoms with Gasteiger partial charge in [-0.25, -0.2) is 8.78 Å². The average molecular weight is 464 g/mol. The second-order valence-corrected chi connectivity index (χ2v) is 9.30. The molecule has 0 fully saturated rings. The van der Waals surface area contributed by atoms with Gasteiger partial charge in [0.2, 0.25) is 0 Å². The number of benzene rings is 3. The lowest BCUT2D eigenvalue weighted by atomic mass is 9.85. The summed E-state index contributed by atoms with van der Waals surface area (Å²) in [7, 11) is 0. The third kappa shape index (κ3) is 3.71. The van der Waals surface area contributed by atoms with Crippen LogP contribution in [-0.4, -0.2) is 35.3 Å². The number of aliphatic hydroxyl groups is 1. The highest BCUT2D eigenvalue weighted by molar-refractivity contribution is 6.08. The molecule has 1 N–H and O–H groups in total. The normalized spacial score (nSPS) is 14.6. The van der Waals surface area contributed by atoms with Gasteiger partial charge in [-0.2, -0.15) is 0 Å². The van der Waals surface area contributed by atoms with Crippen molar-refractivity contribution in [2.45, 2.75) is 45.3 Å². The van der Waals surface area contributed by atoms with E-state index in [0.29, 0.717) is 12.2 Å². The summed E-state index contributed by atoms with van der Waals surface area (Å²) in [5.74, 6) is 0.792. The minimum atomic E-state index is -2.70. The molecule has 6 heteroatoms. The highest BCUT2D eigenvalue weighted by Gasteiger charge is 2.35. The van der Waals surface area contributed by atoms with Crippen molar-refractivity contribution in [3.05, 3.63) is 71.4 Å². The van der Waals surface area contributed by atoms with Crippen LogP contribution in [0.1, 0.15) is 36.6 Å². The number of hydrogen-bond donors (Lipinski definition) is 1. The molecule has 1 aromatic heterocycles. The van der Waals surface area contributed by atoms with Gasteiger partial charge >= 0.3 is 0 Å². The van der Waals surface area contributed by atoms with Gasteiger partial charge < -0.3 is 14.6 Å². The van der Waals surface area contributed by atoms with E-state index in [-0.39, 0.29) is 0 Å². The summed E-state index contributed by atoms with van der Waals surface area (Å²) in [6, 6.07) is 15.9. The first-order chi connectivity index (χ1) is 16.3. The number of nitrogens with zero attached hydrogens (tertiary/aromatic N) is 1. The number of aryl methyl sites for hydroxylation is 1. The Bertz CT molecular complexity index is 1370. The largest absolute Gasteiger partial charge is 0.493 e. The van der Waals surface area contributed by atoms with Crippen LogP contribution in [0.3, 0.4) is 0 Å². The quantitative estimate of drug-likeness (QED) is 0.360. The Morgan fingerprint density at radius 2 is 1.94 bits per heavy atom. The molecule has 0 saturated carbocycles. The number of fused-ring (bicyclic) bond motifs is 1. The smallest absolute Gasteiger partial charge is 0.266 e. The Labute approximate surface area is 197 Å². The average Bonchev–Trinajstić information content (AvgIpc) is 2.83. The van der Waals surface area contributed by atoms with Crippen molar-refractivity contribution in [3.8, 4) is 16.9 Å². The summed E-state index contributed by atoms with van der Waals surface area (Å²) < 4.78 is 39.2. The van der Waals surface area contributed by atoms with Gasteiger partial charge in [0.25, 0.3) is 6.43 Å². The van der Waals surface area contributed by atoms with E-state index in [1.165, 1.54) is 19.4 Å². The van der Waals surface area contributed by atoms with Crippen LogP contribution in [0.5, 0.6) is 5.75 Å². The number of alkyl halides is 2. The third-order valence-corrected chi connectivity index (χ3v) is 6.59. The molecule has 0 radical (unpaired) electrons. The van der Waals surface area contributed by atoms with Crippen LogP contribution in [0.4, 0.5) is 8.78 Å². The Kier molecular flexibility index (Phi) is 5.74. The highest BCUT2D eigenvalue weighted by Crippen LogP contribution is 2.45. The lowest BCUT2D eigenvalue weighted by molar-refractivity contribution is -0.160. The van der Waals surface area contributed by atoms with Crippen LogP contribution in [0.2, 0.25) is 0 Å². The molecule has 0 spiro atoms. The van der Waals surface area contributed by atoms with Crippen LogP contribution in [0.15, 0.2) is 54.7 Å². The molecule has 1 aliphatic heterocycles. The van der Waals surface area contributed by atoms with Crippen LogP contribution >= 0.6 is 0 Å². The molecule has 0 amide bonds. The molecule has 0 bridgehead atoms. The molecular weight excluding hydrogens is 436 g/mol. The minimum Gasteiger partial charge on any atom is -0.493 e. The summed E-state index contributed by atoms with van der Waals surface area (Å²) >= 11 is 0. The van der Waals surface area contributed by atoms with Crippen molar-refractivity contribution in [3.63, 3.8) is 0 Å². The van der Waals surface area contributed by atoms with E-state index in [0.717, 1.165) is 50.5 Å². The number of halogens is 2. The monoisotopic (exact) mass is 463 g/mol. The van der Waals surface area contributed by atoms with Crippen LogP contribution < -0.4 is 4.74 Å². The molecule has 4 nitrogen and oxygen atoms in total. The van der Waals surface area contributed by atoms with E-state index in [4.69, 9.17) is 14.5 Å². The molecule has 34 heavy (non-hydrogen) atoms. The van der Waals surface area contributed by atoms with Crippen LogP contribution in [0.25, 0.3) is 32.8 Å². The van der Waals surface area contributed by atoms with Gasteiger partial charge in [0.15, 0.2) is 0 Å². The van der Waals surface area contributed by atoms with Gasteiger partial charge in [-0.1, -0.05) is 30.3 Å². The molecule has 3 aromatic carbocycles. The SMILES string of the molecule is Cc1cc2ccccc2c(-c2ccc3c4c(ccnc24)CCO3)c1C(CO)OC(C)(C)C(F)F. The van der Waals surface area contributed by atoms with Crippen molar-refractivity contribution in [2.24, 2.45) is 0 Å². The molecular formula is C28H27F2NO3. The molecule has 5 rings (SSSR count). The predicted molar refractivity (Wildman–Crippen MR) is 130 cm³/mol. The fraction of sp³-hybridized carbons (Fsp3) is 0.321. The van der Waals surface area contributed by atoms with Crippen molar-refractivity contribution in [2.75, 3.05) is 13.2 Å². The maximum atomic E-state index is 13.7. The first-order valence-corrected chi connectivity index (χ1v) is 11.4. The highest BCUT2D eigenvalue weighted by atomic mass is 19.3. The van der Waals surface area contributed by atoms with Crippen LogP contribution in [0, 0.1) is 6.92 Å². The summed E-state index contributed by atoms with van der Waals surface area (Å²) in [6.07, 6.45) is -1.05. The van der Waals surface area contributed by atoms with Gasteiger partial charge in [-0.3, -0.25) is 4.98 Å². The summed E-state index contributed by atoms with van der Waals surface area (Å²) in [6.45, 7) is 4.80. The van der Waals surface area contributed by atoms with Gasteiger partial charge in [-0.05, 0) is 72.0 Å². The summed E-state index contributed by atoms with van der Waals surface area (Å²) in [5, 5.41) is 13.3. The van der Waals surface area contributed by atoms with E-state index in [2.05, 4.69) is 0 Å². The maximum absolute atomic E-state index is 13.7. The third-order valence-electron chi connectivity index (χ3n) is 6.59. The van der Waals surface area contributed by atoms with Crippen molar-refractivity contribution in [1.29, 1.82) is 0 Å². The number of rotatable bonds is 6. The molecule has 1 unspecified atom stereocenters. The second-order valence-electron chi connectivity index (χ2n) is 9.30. The Morgan fingerprint density at radius 1 is 1.15 bits per heavy atom. The lowest BCUT2D eigenvalue weighted by Gasteiger charge is -2.32. The number of aromatic nitrogens is 1. The van der Waals surface area contributed by atoms with E-state index >= 15 is 0 Å². The zero-order valence-electron chi connectivity index (χ0n) is 19.4. The first-order valence-electron chi connectivity index (χ1n) is 11.4. The van der Waals surface area contributed by atoms with E-state index < -0.39 is 24.7 Å². The molecule has 0 saturated heterocycles. The minimum absolute atomic E-state index is 0.430. The topological polar surface area (TPSA) is 51.6 Å². The molecule has 1 aliphatic rings. The maximum Gasteiger partial charge on any atom is 0.266 e. The van der Waals surface area contributed by atoms with Gasteiger partial charge in [0, 0.05) is 23.6 Å². The fourth-order valence-electron chi connectivity index (χ4n) is 4.92. The number of aliphatic hydroxyl groups excluding tert-OH is 1.